The van der Waals surface area contributed by atoms with Crippen molar-refractivity contribution in [1.82, 2.24) is 15.5 Å². The maximum atomic E-state index is 11.9. The molecular formula is C23H29N3O3. The molecule has 2 aromatic rings. The molecule has 2 N–H and O–H groups in total. The molecule has 0 aliphatic carbocycles. The first kappa shape index (κ1) is 21.0. The molecule has 0 saturated carbocycles. The summed E-state index contributed by atoms with van der Waals surface area (Å²) in [5, 5.41) is 5.36. The lowest BCUT2D eigenvalue weighted by atomic mass is 10.1. The Morgan fingerprint density at radius 3 is 2.52 bits per heavy atom. The Bertz CT molecular complexity index is 793. The summed E-state index contributed by atoms with van der Waals surface area (Å²) < 4.78 is 5.88. The smallest absolute Gasteiger partial charge is 0.309 e. The molecule has 1 atom stereocenters. The molecule has 154 valence electrons. The molecule has 0 bridgehead atoms. The Morgan fingerprint density at radius 1 is 1.03 bits per heavy atom. The number of ether oxygens (including phenoxy) is 1. The zero-order chi connectivity index (χ0) is 20.5. The number of benzene rings is 2. The Labute approximate surface area is 172 Å². The summed E-state index contributed by atoms with van der Waals surface area (Å²) in [7, 11) is 0. The molecule has 1 aliphatic rings. The van der Waals surface area contributed by atoms with Gasteiger partial charge in [0.25, 0.3) is 0 Å². The number of hydrogen-bond donors (Lipinski definition) is 2. The molecule has 2 aromatic carbocycles. The molecule has 6 heteroatoms. The molecular weight excluding hydrogens is 366 g/mol. The quantitative estimate of drug-likeness (QED) is 0.557. The van der Waals surface area contributed by atoms with Crippen LogP contribution >= 0.6 is 0 Å². The fraction of sp³-hybridized carbons (Fsp3) is 0.391. The van der Waals surface area contributed by atoms with Crippen LogP contribution in [0.5, 0.6) is 0 Å². The number of hydrogen-bond acceptors (Lipinski definition) is 4. The fourth-order valence-corrected chi connectivity index (χ4v) is 3.33. The van der Waals surface area contributed by atoms with Gasteiger partial charge in [0, 0.05) is 32.7 Å². The van der Waals surface area contributed by atoms with Gasteiger partial charge >= 0.3 is 11.8 Å². The Morgan fingerprint density at radius 2 is 1.76 bits per heavy atom. The van der Waals surface area contributed by atoms with Crippen molar-refractivity contribution in [2.45, 2.75) is 26.0 Å². The van der Waals surface area contributed by atoms with Crippen molar-refractivity contribution in [2.24, 2.45) is 0 Å². The second-order valence-corrected chi connectivity index (χ2v) is 7.35. The number of rotatable bonds is 7. The summed E-state index contributed by atoms with van der Waals surface area (Å²) in [6, 6.07) is 18.1. The number of carbonyl (C=O) groups excluding carboxylic acids is 2. The van der Waals surface area contributed by atoms with E-state index in [1.807, 2.05) is 49.4 Å². The average Bonchev–Trinajstić information content (AvgIpc) is 2.77. The van der Waals surface area contributed by atoms with Gasteiger partial charge in [-0.05, 0) is 24.5 Å². The van der Waals surface area contributed by atoms with E-state index in [0.717, 1.165) is 37.2 Å². The lowest BCUT2D eigenvalue weighted by Gasteiger charge is -2.33. The van der Waals surface area contributed by atoms with Crippen LogP contribution in [0.3, 0.4) is 0 Å². The first-order valence-electron chi connectivity index (χ1n) is 10.1. The maximum Gasteiger partial charge on any atom is 0.309 e. The zero-order valence-electron chi connectivity index (χ0n) is 16.9. The van der Waals surface area contributed by atoms with Crippen LogP contribution in [0.1, 0.15) is 29.2 Å². The van der Waals surface area contributed by atoms with Crippen LogP contribution in [-0.4, -0.2) is 49.5 Å². The van der Waals surface area contributed by atoms with E-state index in [4.69, 9.17) is 4.74 Å². The average molecular weight is 396 g/mol. The summed E-state index contributed by atoms with van der Waals surface area (Å²) >= 11 is 0. The van der Waals surface area contributed by atoms with Crippen molar-refractivity contribution >= 4 is 11.8 Å². The number of nitrogens with zero attached hydrogens (tertiary/aromatic N) is 1. The van der Waals surface area contributed by atoms with Crippen LogP contribution in [0.15, 0.2) is 54.6 Å². The number of morpholine rings is 1. The van der Waals surface area contributed by atoms with Gasteiger partial charge in [-0.15, -0.1) is 0 Å². The fourth-order valence-electron chi connectivity index (χ4n) is 3.33. The molecule has 1 saturated heterocycles. The highest BCUT2D eigenvalue weighted by Crippen LogP contribution is 2.21. The van der Waals surface area contributed by atoms with Gasteiger partial charge < -0.3 is 15.4 Å². The predicted octanol–water partition coefficient (Wildman–Crippen LogP) is 2.19. The summed E-state index contributed by atoms with van der Waals surface area (Å²) in [5.74, 6) is -1.18. The Balaban J connectivity index is 1.32. The highest BCUT2D eigenvalue weighted by molar-refractivity contribution is 6.35. The third kappa shape index (κ3) is 6.69. The first-order chi connectivity index (χ1) is 14.1. The normalized spacial score (nSPS) is 16.9. The Hall–Kier alpha value is -2.70. The number of carbonyl (C=O) groups is 2. The molecule has 1 fully saturated rings. The van der Waals surface area contributed by atoms with Crippen LogP contribution in [-0.2, 0) is 20.9 Å². The molecule has 1 heterocycles. The van der Waals surface area contributed by atoms with Crippen LogP contribution in [0.2, 0.25) is 0 Å². The van der Waals surface area contributed by atoms with E-state index < -0.39 is 11.8 Å². The van der Waals surface area contributed by atoms with Gasteiger partial charge in [-0.3, -0.25) is 14.5 Å². The van der Waals surface area contributed by atoms with E-state index in [1.165, 1.54) is 5.56 Å². The van der Waals surface area contributed by atoms with Gasteiger partial charge in [0.05, 0.1) is 12.7 Å². The molecule has 1 unspecified atom stereocenters. The summed E-state index contributed by atoms with van der Waals surface area (Å²) in [5.41, 5.74) is 3.32. The van der Waals surface area contributed by atoms with E-state index in [1.54, 1.807) is 0 Å². The highest BCUT2D eigenvalue weighted by Gasteiger charge is 2.21. The minimum atomic E-state index is -0.596. The van der Waals surface area contributed by atoms with Gasteiger partial charge in [-0.1, -0.05) is 60.2 Å². The van der Waals surface area contributed by atoms with Gasteiger partial charge in [0.15, 0.2) is 0 Å². The van der Waals surface area contributed by atoms with E-state index in [9.17, 15) is 9.59 Å². The van der Waals surface area contributed by atoms with Crippen molar-refractivity contribution in [3.05, 3.63) is 71.3 Å². The van der Waals surface area contributed by atoms with Gasteiger partial charge in [0.2, 0.25) is 0 Å². The van der Waals surface area contributed by atoms with Crippen LogP contribution < -0.4 is 10.6 Å². The van der Waals surface area contributed by atoms with E-state index in [0.29, 0.717) is 19.7 Å². The second kappa shape index (κ2) is 10.7. The molecule has 6 nitrogen and oxygen atoms in total. The Kier molecular flexibility index (Phi) is 7.78. The van der Waals surface area contributed by atoms with Gasteiger partial charge in [-0.25, -0.2) is 0 Å². The second-order valence-electron chi connectivity index (χ2n) is 7.35. The maximum absolute atomic E-state index is 11.9. The van der Waals surface area contributed by atoms with Crippen molar-refractivity contribution < 1.29 is 14.3 Å². The topological polar surface area (TPSA) is 70.7 Å². The standard InChI is InChI=1S/C23H29N3O3/c1-18-8-10-19(11-9-18)16-25-23(28)22(27)24-12-5-13-26-14-15-29-21(17-26)20-6-3-2-4-7-20/h2-4,6-11,21H,5,12-17H2,1H3,(H,24,27)(H,25,28). The zero-order valence-corrected chi connectivity index (χ0v) is 16.9. The van der Waals surface area contributed by atoms with E-state index >= 15 is 0 Å². The van der Waals surface area contributed by atoms with Crippen LogP contribution in [0.4, 0.5) is 0 Å². The molecule has 2 amide bonds. The number of aryl methyl sites for hydroxylation is 1. The van der Waals surface area contributed by atoms with Gasteiger partial charge in [-0.2, -0.15) is 0 Å². The minimum absolute atomic E-state index is 0.0899. The first-order valence-corrected chi connectivity index (χ1v) is 10.1. The third-order valence-electron chi connectivity index (χ3n) is 5.04. The molecule has 3 rings (SSSR count). The molecule has 29 heavy (non-hydrogen) atoms. The SMILES string of the molecule is Cc1ccc(CNC(=O)C(=O)NCCCN2CCOC(c3ccccc3)C2)cc1. The minimum Gasteiger partial charge on any atom is -0.371 e. The predicted molar refractivity (Wildman–Crippen MR) is 112 cm³/mol. The largest absolute Gasteiger partial charge is 0.371 e. The van der Waals surface area contributed by atoms with Crippen molar-refractivity contribution in [1.29, 1.82) is 0 Å². The molecule has 1 aliphatic heterocycles. The lowest BCUT2D eigenvalue weighted by Crippen LogP contribution is -2.42. The summed E-state index contributed by atoms with van der Waals surface area (Å²) in [4.78, 5) is 26.2. The van der Waals surface area contributed by atoms with E-state index in [2.05, 4.69) is 27.7 Å². The molecule has 0 spiro atoms. The lowest BCUT2D eigenvalue weighted by molar-refractivity contribution is -0.139. The summed E-state index contributed by atoms with van der Waals surface area (Å²) in [6.45, 7) is 6.12. The van der Waals surface area contributed by atoms with Crippen molar-refractivity contribution in [3.63, 3.8) is 0 Å². The van der Waals surface area contributed by atoms with Gasteiger partial charge in [0.1, 0.15) is 0 Å². The number of nitrogens with one attached hydrogen (secondary N) is 2. The van der Waals surface area contributed by atoms with Crippen LogP contribution in [0.25, 0.3) is 0 Å². The van der Waals surface area contributed by atoms with Crippen molar-refractivity contribution in [3.8, 4) is 0 Å². The van der Waals surface area contributed by atoms with Crippen LogP contribution in [0, 0.1) is 6.92 Å². The monoisotopic (exact) mass is 395 g/mol. The highest BCUT2D eigenvalue weighted by atomic mass is 16.5. The number of amides is 2. The van der Waals surface area contributed by atoms with Crippen molar-refractivity contribution in [2.75, 3.05) is 32.8 Å². The molecule has 0 aromatic heterocycles. The van der Waals surface area contributed by atoms with E-state index in [-0.39, 0.29) is 6.10 Å². The summed E-state index contributed by atoms with van der Waals surface area (Å²) in [6.07, 6.45) is 0.880. The third-order valence-corrected chi connectivity index (χ3v) is 5.04. The molecule has 0 radical (unpaired) electrons.